The first-order chi connectivity index (χ1) is 2.89. The summed E-state index contributed by atoms with van der Waals surface area (Å²) in [6.07, 6.45) is 0. The van der Waals surface area contributed by atoms with Crippen molar-refractivity contribution >= 4 is 22.9 Å². The topological polar surface area (TPSA) is 40.0 Å². The van der Waals surface area contributed by atoms with Gasteiger partial charge in [0.05, 0.1) is 0 Å². The standard InChI is InChI=1S/CH3IN4/c2-6-4-1-3-5-6/h4H,1H2. The Labute approximate surface area is 49.0 Å². The Morgan fingerprint density at radius 3 is 2.83 bits per heavy atom. The second-order valence-corrected chi connectivity index (χ2v) is 1.72. The lowest BCUT2D eigenvalue weighted by atomic mass is 11.2. The zero-order valence-corrected chi connectivity index (χ0v) is 5.08. The Kier molecular flexibility index (Phi) is 1.20. The minimum atomic E-state index is 0.614. The summed E-state index contributed by atoms with van der Waals surface area (Å²) < 4.78 is 1.54. The lowest BCUT2D eigenvalue weighted by Crippen LogP contribution is -2.17. The predicted molar refractivity (Wildman–Crippen MR) is 28.7 cm³/mol. The summed E-state index contributed by atoms with van der Waals surface area (Å²) in [4.78, 5) is 0. The highest BCUT2D eigenvalue weighted by molar-refractivity contribution is 14.1. The summed E-state index contributed by atoms with van der Waals surface area (Å²) in [5.74, 6) is 0. The highest BCUT2D eigenvalue weighted by Gasteiger charge is 1.96. The molecule has 1 aliphatic heterocycles. The SMILES string of the molecule is IN1N=NCN1. The molecule has 0 bridgehead atoms. The smallest absolute Gasteiger partial charge is 0.131 e. The van der Waals surface area contributed by atoms with Crippen molar-refractivity contribution < 1.29 is 0 Å². The quantitative estimate of drug-likeness (QED) is 0.454. The molecule has 1 heterocycles. The van der Waals surface area contributed by atoms with Gasteiger partial charge in [0.25, 0.3) is 0 Å². The molecule has 1 N–H and O–H groups in total. The van der Waals surface area contributed by atoms with Gasteiger partial charge in [-0.05, 0) is 5.22 Å². The van der Waals surface area contributed by atoms with Crippen molar-refractivity contribution in [2.75, 3.05) is 6.67 Å². The van der Waals surface area contributed by atoms with Gasteiger partial charge in [-0.3, -0.25) is 0 Å². The molecule has 1 rings (SSSR count). The first-order valence-electron chi connectivity index (χ1n) is 1.46. The number of halogens is 1. The number of hydrogen-bond acceptors (Lipinski definition) is 4. The zero-order valence-electron chi connectivity index (χ0n) is 2.93. The minimum Gasteiger partial charge on any atom is -0.183 e. The maximum absolute atomic E-state index is 3.60. The van der Waals surface area contributed by atoms with Crippen LogP contribution in [0.5, 0.6) is 0 Å². The summed E-state index contributed by atoms with van der Waals surface area (Å²) >= 11 is 1.99. The fraction of sp³-hybridized carbons (Fsp3) is 1.00. The molecule has 0 fully saturated rings. The van der Waals surface area contributed by atoms with Crippen molar-refractivity contribution in [2.24, 2.45) is 10.3 Å². The molecule has 0 aromatic rings. The summed E-state index contributed by atoms with van der Waals surface area (Å²) in [7, 11) is 0. The van der Waals surface area contributed by atoms with Gasteiger partial charge in [-0.2, -0.15) is 10.5 Å². The van der Waals surface area contributed by atoms with Crippen molar-refractivity contribution in [1.82, 2.24) is 8.76 Å². The van der Waals surface area contributed by atoms with Crippen LogP contribution in [0, 0.1) is 0 Å². The molecule has 5 heteroatoms. The molecule has 0 radical (unpaired) electrons. The van der Waals surface area contributed by atoms with Crippen LogP contribution in [0.4, 0.5) is 0 Å². The van der Waals surface area contributed by atoms with Crippen LogP contribution in [0.15, 0.2) is 10.3 Å². The molecule has 0 unspecified atom stereocenters. The number of hydrazine groups is 1. The molecule has 0 aromatic heterocycles. The lowest BCUT2D eigenvalue weighted by Gasteiger charge is -1.94. The van der Waals surface area contributed by atoms with E-state index in [1.807, 2.05) is 22.9 Å². The van der Waals surface area contributed by atoms with E-state index in [-0.39, 0.29) is 0 Å². The molecule has 34 valence electrons. The summed E-state index contributed by atoms with van der Waals surface area (Å²) in [5, 5.41) is 7.17. The molecule has 1 aliphatic rings. The third-order valence-electron chi connectivity index (χ3n) is 0.414. The number of hydrogen-bond donors (Lipinski definition) is 1. The van der Waals surface area contributed by atoms with Crippen LogP contribution < -0.4 is 5.43 Å². The molecule has 0 amide bonds. The van der Waals surface area contributed by atoms with Crippen molar-refractivity contribution in [3.63, 3.8) is 0 Å². The van der Waals surface area contributed by atoms with Gasteiger partial charge in [-0.25, -0.2) is 0 Å². The Balaban J connectivity index is 2.38. The fourth-order valence-corrected chi connectivity index (χ4v) is 0.498. The van der Waals surface area contributed by atoms with Gasteiger partial charge in [-0.15, -0.1) is 3.33 Å². The van der Waals surface area contributed by atoms with E-state index in [0.717, 1.165) is 0 Å². The molecule has 0 spiro atoms. The van der Waals surface area contributed by atoms with Crippen LogP contribution in [-0.4, -0.2) is 10.0 Å². The van der Waals surface area contributed by atoms with Crippen LogP contribution in [0.2, 0.25) is 0 Å². The first kappa shape index (κ1) is 4.25. The van der Waals surface area contributed by atoms with Gasteiger partial charge in [0.15, 0.2) is 0 Å². The minimum absolute atomic E-state index is 0.614. The summed E-state index contributed by atoms with van der Waals surface area (Å²) in [6.45, 7) is 0.614. The van der Waals surface area contributed by atoms with E-state index in [1.165, 1.54) is 3.33 Å². The van der Waals surface area contributed by atoms with Crippen molar-refractivity contribution in [1.29, 1.82) is 0 Å². The average Bonchev–Trinajstić information content (AvgIpc) is 1.86. The Bertz CT molecular complexity index is 69.9. The van der Waals surface area contributed by atoms with Gasteiger partial charge in [0.1, 0.15) is 29.5 Å². The Morgan fingerprint density at radius 2 is 2.67 bits per heavy atom. The molecule has 4 nitrogen and oxygen atoms in total. The maximum atomic E-state index is 3.60. The average molecular weight is 198 g/mol. The first-order valence-corrected chi connectivity index (χ1v) is 2.43. The van der Waals surface area contributed by atoms with E-state index in [1.54, 1.807) is 0 Å². The van der Waals surface area contributed by atoms with Gasteiger partial charge in [0, 0.05) is 0 Å². The third-order valence-corrected chi connectivity index (χ3v) is 0.948. The highest BCUT2D eigenvalue weighted by Crippen LogP contribution is 1.98. The van der Waals surface area contributed by atoms with Gasteiger partial charge >= 0.3 is 0 Å². The lowest BCUT2D eigenvalue weighted by molar-refractivity contribution is 0.468. The van der Waals surface area contributed by atoms with Gasteiger partial charge < -0.3 is 0 Å². The van der Waals surface area contributed by atoms with E-state index in [9.17, 15) is 0 Å². The largest absolute Gasteiger partial charge is 0.183 e. The van der Waals surface area contributed by atoms with E-state index >= 15 is 0 Å². The van der Waals surface area contributed by atoms with E-state index in [2.05, 4.69) is 15.8 Å². The molecule has 0 atom stereocenters. The van der Waals surface area contributed by atoms with Gasteiger partial charge in [-0.1, -0.05) is 0 Å². The Hall–Kier alpha value is 0.0900. The number of nitrogens with one attached hydrogen (secondary N) is 1. The van der Waals surface area contributed by atoms with Crippen LogP contribution in [0.25, 0.3) is 0 Å². The molecular weight excluding hydrogens is 195 g/mol. The molecule has 0 aromatic carbocycles. The zero-order chi connectivity index (χ0) is 4.41. The van der Waals surface area contributed by atoms with Crippen molar-refractivity contribution in [2.45, 2.75) is 0 Å². The summed E-state index contributed by atoms with van der Waals surface area (Å²) in [5.41, 5.74) is 2.81. The predicted octanol–water partition coefficient (Wildman–Crippen LogP) is 0.481. The number of rotatable bonds is 0. The fourth-order valence-electron chi connectivity index (χ4n) is 0.209. The van der Waals surface area contributed by atoms with Crippen LogP contribution in [0.1, 0.15) is 0 Å². The van der Waals surface area contributed by atoms with E-state index < -0.39 is 0 Å². The monoisotopic (exact) mass is 198 g/mol. The molecular formula is CH3IN4. The van der Waals surface area contributed by atoms with Crippen LogP contribution >= 0.6 is 22.9 Å². The molecule has 6 heavy (non-hydrogen) atoms. The normalized spacial score (nSPS) is 19.8. The molecule has 0 saturated carbocycles. The second kappa shape index (κ2) is 1.69. The maximum Gasteiger partial charge on any atom is 0.131 e. The van der Waals surface area contributed by atoms with Crippen LogP contribution in [0.3, 0.4) is 0 Å². The van der Waals surface area contributed by atoms with E-state index in [0.29, 0.717) is 6.67 Å². The van der Waals surface area contributed by atoms with Crippen molar-refractivity contribution in [3.8, 4) is 0 Å². The third kappa shape index (κ3) is 0.777. The second-order valence-electron chi connectivity index (χ2n) is 0.807. The van der Waals surface area contributed by atoms with Gasteiger partial charge in [0.2, 0.25) is 0 Å². The highest BCUT2D eigenvalue weighted by atomic mass is 127. The Morgan fingerprint density at radius 1 is 1.83 bits per heavy atom. The van der Waals surface area contributed by atoms with Crippen LogP contribution in [-0.2, 0) is 0 Å². The van der Waals surface area contributed by atoms with Crippen molar-refractivity contribution in [3.05, 3.63) is 0 Å². The molecule has 0 saturated heterocycles. The van der Waals surface area contributed by atoms with E-state index in [4.69, 9.17) is 0 Å². The summed E-state index contributed by atoms with van der Waals surface area (Å²) in [6, 6.07) is 0. The molecule has 0 aliphatic carbocycles. The number of nitrogens with zero attached hydrogens (tertiary/aromatic N) is 3.